The Balaban J connectivity index is 0.000000385. The molecule has 1 aromatic heterocycles. The second-order valence-electron chi connectivity index (χ2n) is 3.11. The molecule has 1 aromatic rings. The summed E-state index contributed by atoms with van der Waals surface area (Å²) >= 11 is 0. The zero-order valence-electron chi connectivity index (χ0n) is 9.34. The number of quaternary nitrogens is 1. The maximum atomic E-state index is 9.75. The van der Waals surface area contributed by atoms with Crippen LogP contribution >= 0.6 is 0 Å². The van der Waals surface area contributed by atoms with Crippen LogP contribution in [-0.2, 0) is 6.42 Å². The molecule has 0 radical (unpaired) electrons. The van der Waals surface area contributed by atoms with Gasteiger partial charge >= 0.3 is 7.25 Å². The van der Waals surface area contributed by atoms with Gasteiger partial charge in [0.15, 0.2) is 5.82 Å². The summed E-state index contributed by atoms with van der Waals surface area (Å²) in [5.74, 6) is 1.18. The van der Waals surface area contributed by atoms with Gasteiger partial charge in [-0.25, -0.2) is 10.4 Å². The minimum Gasteiger partial charge on any atom is -0.418 e. The quantitative estimate of drug-likeness (QED) is 0.483. The fourth-order valence-corrected chi connectivity index (χ4v) is 1.11. The first kappa shape index (κ1) is 15.0. The molecular weight excluding hydrogens is 225 g/mol. The van der Waals surface area contributed by atoms with Gasteiger partial charge in [-0.15, -0.1) is 0 Å². The Morgan fingerprint density at radius 2 is 1.94 bits per heavy atom. The molecule has 2 N–H and O–H groups in total. The molecule has 0 fully saturated rings. The zero-order valence-corrected chi connectivity index (χ0v) is 9.34. The van der Waals surface area contributed by atoms with Gasteiger partial charge in [-0.3, -0.25) is 0 Å². The summed E-state index contributed by atoms with van der Waals surface area (Å²) in [5, 5.41) is 0. The third kappa shape index (κ3) is 8.28. The van der Waals surface area contributed by atoms with Crippen LogP contribution < -0.4 is 5.43 Å². The number of nitrogens with two attached hydrogens (primary N) is 1. The summed E-state index contributed by atoms with van der Waals surface area (Å²) in [6.07, 6.45) is 7.39. The summed E-state index contributed by atoms with van der Waals surface area (Å²) < 4.78 is 41.1. The molecule has 16 heavy (non-hydrogen) atoms. The van der Waals surface area contributed by atoms with E-state index in [2.05, 4.69) is 16.6 Å². The monoisotopic (exact) mass is 241 g/mol. The first-order chi connectivity index (χ1) is 7.38. The molecule has 1 rings (SSSR count). The topological polar surface area (TPSA) is 34.4 Å². The minimum atomic E-state index is -6.00. The molecule has 0 aliphatic heterocycles. The Labute approximate surface area is 91.9 Å². The molecule has 0 atom stereocenters. The lowest BCUT2D eigenvalue weighted by Crippen LogP contribution is -2.83. The van der Waals surface area contributed by atoms with E-state index in [9.17, 15) is 17.3 Å². The van der Waals surface area contributed by atoms with Crippen LogP contribution in [0.1, 0.15) is 25.6 Å². The van der Waals surface area contributed by atoms with E-state index >= 15 is 0 Å². The molecule has 3 nitrogen and oxygen atoms in total. The van der Waals surface area contributed by atoms with E-state index in [1.54, 1.807) is 0 Å². The molecule has 0 aliphatic rings. The number of hydrogen-bond donors (Lipinski definition) is 1. The second-order valence-corrected chi connectivity index (χ2v) is 3.11. The highest BCUT2D eigenvalue weighted by Gasteiger charge is 2.20. The molecule has 0 spiro atoms. The van der Waals surface area contributed by atoms with E-state index in [0.29, 0.717) is 0 Å². The highest BCUT2D eigenvalue weighted by molar-refractivity contribution is 6.50. The van der Waals surface area contributed by atoms with Crippen molar-refractivity contribution in [3.05, 3.63) is 18.2 Å². The van der Waals surface area contributed by atoms with E-state index in [1.165, 1.54) is 18.7 Å². The Bertz CT molecular complexity index is 281. The summed E-state index contributed by atoms with van der Waals surface area (Å²) in [7, 11) is -3.98. The van der Waals surface area contributed by atoms with Crippen LogP contribution in [0.5, 0.6) is 0 Å². The number of imidazole rings is 1. The SMILES string of the molecule is CCCCc1nccn1[NH2+]C.F[B-](F)(F)F. The lowest BCUT2D eigenvalue weighted by atomic mass is 10.2. The van der Waals surface area contributed by atoms with Gasteiger partial charge < -0.3 is 17.3 Å². The van der Waals surface area contributed by atoms with Crippen LogP contribution in [0, 0.1) is 0 Å². The third-order valence-electron chi connectivity index (χ3n) is 1.78. The predicted octanol–water partition coefficient (Wildman–Crippen LogP) is 1.48. The van der Waals surface area contributed by atoms with Gasteiger partial charge in [-0.2, -0.15) is 4.68 Å². The van der Waals surface area contributed by atoms with Gasteiger partial charge in [-0.05, 0) is 6.42 Å². The van der Waals surface area contributed by atoms with E-state index in [4.69, 9.17) is 0 Å². The molecule has 94 valence electrons. The Morgan fingerprint density at radius 3 is 2.38 bits per heavy atom. The second kappa shape index (κ2) is 7.26. The van der Waals surface area contributed by atoms with Crippen molar-refractivity contribution in [3.63, 3.8) is 0 Å². The van der Waals surface area contributed by atoms with Crippen LogP contribution in [0.4, 0.5) is 17.3 Å². The number of rotatable bonds is 4. The average Bonchev–Trinajstić information content (AvgIpc) is 2.59. The van der Waals surface area contributed by atoms with Crippen molar-refractivity contribution >= 4 is 7.25 Å². The first-order valence-corrected chi connectivity index (χ1v) is 5.07. The maximum absolute atomic E-state index is 9.75. The van der Waals surface area contributed by atoms with Crippen molar-refractivity contribution in [3.8, 4) is 0 Å². The molecule has 0 saturated carbocycles. The molecule has 0 saturated heterocycles. The van der Waals surface area contributed by atoms with Gasteiger partial charge in [0.2, 0.25) is 0 Å². The highest BCUT2D eigenvalue weighted by atomic mass is 19.5. The van der Waals surface area contributed by atoms with Gasteiger partial charge in [0.1, 0.15) is 0 Å². The number of unbranched alkanes of at least 4 members (excludes halogenated alkanes) is 1. The summed E-state index contributed by atoms with van der Waals surface area (Å²) in [5.41, 5.74) is 2.04. The Kier molecular flexibility index (Phi) is 6.79. The normalized spacial score (nSPS) is 10.9. The smallest absolute Gasteiger partial charge is 0.418 e. The molecule has 8 heteroatoms. The maximum Gasteiger partial charge on any atom is 0.673 e. The van der Waals surface area contributed by atoms with Gasteiger partial charge in [0.25, 0.3) is 0 Å². The summed E-state index contributed by atoms with van der Waals surface area (Å²) in [6.45, 7) is 2.20. The number of nitrogens with zero attached hydrogens (tertiary/aromatic N) is 2. The third-order valence-corrected chi connectivity index (χ3v) is 1.78. The van der Waals surface area contributed by atoms with Crippen LogP contribution in [0.3, 0.4) is 0 Å². The fraction of sp³-hybridized carbons (Fsp3) is 0.625. The molecule has 0 unspecified atom stereocenters. The van der Waals surface area contributed by atoms with Crippen molar-refractivity contribution < 1.29 is 22.7 Å². The van der Waals surface area contributed by atoms with Crippen LogP contribution in [0.15, 0.2) is 12.4 Å². The minimum absolute atomic E-state index is 1.09. The van der Waals surface area contributed by atoms with Crippen molar-refractivity contribution in [1.29, 1.82) is 0 Å². The van der Waals surface area contributed by atoms with Crippen molar-refractivity contribution in [2.45, 2.75) is 26.2 Å². The first-order valence-electron chi connectivity index (χ1n) is 5.07. The van der Waals surface area contributed by atoms with E-state index < -0.39 is 7.25 Å². The van der Waals surface area contributed by atoms with Gasteiger partial charge in [-0.1, -0.05) is 13.3 Å². The molecule has 0 bridgehead atoms. The van der Waals surface area contributed by atoms with Crippen LogP contribution in [-0.4, -0.2) is 24.0 Å². The molecule has 0 aliphatic carbocycles. The molecular formula is C8H16BF4N3. The number of hydrogen-bond acceptors (Lipinski definition) is 1. The van der Waals surface area contributed by atoms with Crippen LogP contribution in [0.25, 0.3) is 0 Å². The average molecular weight is 241 g/mol. The summed E-state index contributed by atoms with van der Waals surface area (Å²) in [6, 6.07) is 0. The Hall–Kier alpha value is -1.05. The van der Waals surface area contributed by atoms with Crippen molar-refractivity contribution in [1.82, 2.24) is 9.66 Å². The van der Waals surface area contributed by atoms with E-state index in [-0.39, 0.29) is 0 Å². The summed E-state index contributed by atoms with van der Waals surface area (Å²) in [4.78, 5) is 4.26. The number of halogens is 4. The fourth-order valence-electron chi connectivity index (χ4n) is 1.11. The molecule has 1 heterocycles. The number of aromatic nitrogens is 2. The predicted molar refractivity (Wildman–Crippen MR) is 54.3 cm³/mol. The van der Waals surface area contributed by atoms with E-state index in [1.807, 2.05) is 24.9 Å². The van der Waals surface area contributed by atoms with Gasteiger partial charge in [0.05, 0.1) is 19.4 Å². The number of aryl methyl sites for hydroxylation is 1. The van der Waals surface area contributed by atoms with E-state index in [0.717, 1.165) is 6.42 Å². The van der Waals surface area contributed by atoms with Crippen molar-refractivity contribution in [2.75, 3.05) is 7.05 Å². The highest BCUT2D eigenvalue weighted by Crippen LogP contribution is 2.06. The van der Waals surface area contributed by atoms with Crippen LogP contribution in [0.2, 0.25) is 0 Å². The zero-order chi connectivity index (χ0) is 12.6. The molecule has 0 aromatic carbocycles. The lowest BCUT2D eigenvalue weighted by Gasteiger charge is -2.00. The largest absolute Gasteiger partial charge is 0.673 e. The standard InChI is InChI=1S/C8H15N3.BF4/c1-3-4-5-8-10-6-7-11(8)9-2;2-1(3,4)5/h6-7,9H,3-5H2,1-2H3;/q;-1/p+1. The van der Waals surface area contributed by atoms with Gasteiger partial charge in [0, 0.05) is 6.42 Å². The molecule has 0 amide bonds. The lowest BCUT2D eigenvalue weighted by molar-refractivity contribution is -0.685. The van der Waals surface area contributed by atoms with Crippen molar-refractivity contribution in [2.24, 2.45) is 0 Å². The Morgan fingerprint density at radius 1 is 1.38 bits per heavy atom.